The summed E-state index contributed by atoms with van der Waals surface area (Å²) in [7, 11) is 0. The summed E-state index contributed by atoms with van der Waals surface area (Å²) in [4.78, 5) is 0. The smallest absolute Gasteiger partial charge is 0.144 e. The fourth-order valence-electron chi connectivity index (χ4n) is 2.18. The maximum Gasteiger partial charge on any atom is 0.144 e. The molecule has 0 aliphatic heterocycles. The standard InChI is InChI=1S/C16H15N3S/c17-13-6-2-1-4-11(8-9-13)10-12-5-3-7-14-15(12)20-19-16(14)18/h1-9H,10,17H2,(H2,18,19)/b2-1?,4-1-,6-2-,9-8?,11-4?,11-8+,13-6?,13-9+. The van der Waals surface area contributed by atoms with E-state index >= 15 is 0 Å². The topological polar surface area (TPSA) is 64.9 Å². The van der Waals surface area contributed by atoms with Gasteiger partial charge in [-0.3, -0.25) is 0 Å². The molecule has 0 amide bonds. The molecule has 0 fully saturated rings. The molecule has 4 N–H and O–H groups in total. The molecule has 1 aliphatic rings. The van der Waals surface area contributed by atoms with Gasteiger partial charge in [-0.2, -0.15) is 4.37 Å². The molecule has 0 bridgehead atoms. The SMILES string of the molecule is NC1=C/C=C(Cc2cccc3c(N)nsc23)\C=C/C=C\1. The lowest BCUT2D eigenvalue weighted by molar-refractivity contribution is 1.22. The molecule has 3 rings (SSSR count). The number of rotatable bonds is 2. The molecular weight excluding hydrogens is 266 g/mol. The molecule has 0 unspecified atom stereocenters. The number of aromatic nitrogens is 1. The highest BCUT2D eigenvalue weighted by Gasteiger charge is 2.08. The summed E-state index contributed by atoms with van der Waals surface area (Å²) < 4.78 is 5.39. The van der Waals surface area contributed by atoms with Crippen LogP contribution >= 0.6 is 11.5 Å². The third-order valence-corrected chi connectivity index (χ3v) is 4.15. The summed E-state index contributed by atoms with van der Waals surface area (Å²) in [6.07, 6.45) is 12.8. The van der Waals surface area contributed by atoms with Crippen LogP contribution in [0.15, 0.2) is 65.9 Å². The summed E-state index contributed by atoms with van der Waals surface area (Å²) in [6.45, 7) is 0. The molecule has 1 aromatic carbocycles. The van der Waals surface area contributed by atoms with Crippen LogP contribution in [-0.2, 0) is 6.42 Å². The second kappa shape index (κ2) is 5.35. The first kappa shape index (κ1) is 12.7. The fourth-order valence-corrected chi connectivity index (χ4v) is 2.99. The normalized spacial score (nSPS) is 23.2. The van der Waals surface area contributed by atoms with Gasteiger partial charge in [0, 0.05) is 11.1 Å². The van der Waals surface area contributed by atoms with Crippen LogP contribution in [0.4, 0.5) is 5.82 Å². The van der Waals surface area contributed by atoms with E-state index in [1.165, 1.54) is 22.7 Å². The van der Waals surface area contributed by atoms with Crippen LogP contribution in [0.2, 0.25) is 0 Å². The molecule has 0 spiro atoms. The molecule has 0 atom stereocenters. The van der Waals surface area contributed by atoms with Gasteiger partial charge in [0.25, 0.3) is 0 Å². The van der Waals surface area contributed by atoms with E-state index in [1.54, 1.807) is 0 Å². The minimum absolute atomic E-state index is 0.612. The average Bonchev–Trinajstić information content (AvgIpc) is 2.81. The molecule has 20 heavy (non-hydrogen) atoms. The number of nitrogen functional groups attached to an aromatic ring is 1. The van der Waals surface area contributed by atoms with Crippen LogP contribution in [0.3, 0.4) is 0 Å². The Labute approximate surface area is 121 Å². The molecule has 1 aromatic heterocycles. The van der Waals surface area contributed by atoms with Gasteiger partial charge in [0.1, 0.15) is 5.82 Å². The van der Waals surface area contributed by atoms with Crippen LogP contribution in [-0.4, -0.2) is 4.37 Å². The quantitative estimate of drug-likeness (QED) is 0.887. The Hall–Kier alpha value is -2.33. The van der Waals surface area contributed by atoms with Crippen LogP contribution < -0.4 is 11.5 Å². The zero-order valence-corrected chi connectivity index (χ0v) is 11.7. The highest BCUT2D eigenvalue weighted by molar-refractivity contribution is 7.14. The van der Waals surface area contributed by atoms with E-state index in [1.807, 2.05) is 36.4 Å². The fraction of sp³-hybridized carbons (Fsp3) is 0.0625. The Balaban J connectivity index is 1.97. The van der Waals surface area contributed by atoms with E-state index in [2.05, 4.69) is 22.6 Å². The predicted octanol–water partition coefficient (Wildman–Crippen LogP) is 3.32. The van der Waals surface area contributed by atoms with Crippen molar-refractivity contribution in [2.45, 2.75) is 6.42 Å². The minimum atomic E-state index is 0.612. The molecule has 1 heterocycles. The third-order valence-electron chi connectivity index (χ3n) is 3.20. The lowest BCUT2D eigenvalue weighted by Gasteiger charge is -2.05. The molecular formula is C16H15N3S. The molecule has 4 heteroatoms. The highest BCUT2D eigenvalue weighted by Crippen LogP contribution is 2.29. The first-order valence-electron chi connectivity index (χ1n) is 6.38. The van der Waals surface area contributed by atoms with Gasteiger partial charge in [-0.25, -0.2) is 0 Å². The summed E-state index contributed by atoms with van der Waals surface area (Å²) in [6, 6.07) is 6.16. The van der Waals surface area contributed by atoms with E-state index in [4.69, 9.17) is 11.5 Å². The summed E-state index contributed by atoms with van der Waals surface area (Å²) >= 11 is 1.46. The molecule has 0 saturated heterocycles. The molecule has 0 radical (unpaired) electrons. The number of anilines is 1. The lowest BCUT2D eigenvalue weighted by Crippen LogP contribution is -1.94. The number of hydrogen-bond acceptors (Lipinski definition) is 4. The van der Waals surface area contributed by atoms with Crippen LogP contribution in [0.1, 0.15) is 5.56 Å². The second-order valence-electron chi connectivity index (χ2n) is 4.66. The van der Waals surface area contributed by atoms with E-state index < -0.39 is 0 Å². The zero-order valence-electron chi connectivity index (χ0n) is 10.9. The van der Waals surface area contributed by atoms with Crippen molar-refractivity contribution in [3.8, 4) is 0 Å². The minimum Gasteiger partial charge on any atom is -0.399 e. The molecule has 100 valence electrons. The Morgan fingerprint density at radius 1 is 1.05 bits per heavy atom. The summed E-state index contributed by atoms with van der Waals surface area (Å²) in [5, 5.41) is 1.04. The van der Waals surface area contributed by atoms with E-state index in [0.29, 0.717) is 5.82 Å². The number of allylic oxidation sites excluding steroid dienone is 7. The van der Waals surface area contributed by atoms with Gasteiger partial charge in [0.05, 0.1) is 4.70 Å². The summed E-state index contributed by atoms with van der Waals surface area (Å²) in [5.74, 6) is 0.612. The summed E-state index contributed by atoms with van der Waals surface area (Å²) in [5.41, 5.74) is 14.9. The Bertz CT molecular complexity index is 763. The monoisotopic (exact) mass is 281 g/mol. The molecule has 1 aliphatic carbocycles. The van der Waals surface area contributed by atoms with Gasteiger partial charge in [-0.05, 0) is 47.3 Å². The van der Waals surface area contributed by atoms with Gasteiger partial charge in [0.2, 0.25) is 0 Å². The van der Waals surface area contributed by atoms with Crippen molar-refractivity contribution < 1.29 is 0 Å². The van der Waals surface area contributed by atoms with Gasteiger partial charge >= 0.3 is 0 Å². The lowest BCUT2D eigenvalue weighted by atomic mass is 10.0. The zero-order chi connectivity index (χ0) is 13.9. The largest absolute Gasteiger partial charge is 0.399 e. The maximum atomic E-state index is 5.88. The molecule has 0 saturated carbocycles. The number of benzene rings is 1. The van der Waals surface area contributed by atoms with Gasteiger partial charge < -0.3 is 11.5 Å². The van der Waals surface area contributed by atoms with Crippen molar-refractivity contribution in [1.82, 2.24) is 4.37 Å². The van der Waals surface area contributed by atoms with E-state index in [0.717, 1.165) is 22.2 Å². The second-order valence-corrected chi connectivity index (χ2v) is 5.44. The average molecular weight is 281 g/mol. The highest BCUT2D eigenvalue weighted by atomic mass is 32.1. The predicted molar refractivity (Wildman–Crippen MR) is 86.4 cm³/mol. The molecule has 3 nitrogen and oxygen atoms in total. The Morgan fingerprint density at radius 2 is 1.90 bits per heavy atom. The maximum absolute atomic E-state index is 5.88. The van der Waals surface area contributed by atoms with Gasteiger partial charge in [-0.1, -0.05) is 36.4 Å². The van der Waals surface area contributed by atoms with Crippen LogP contribution in [0.25, 0.3) is 10.1 Å². The van der Waals surface area contributed by atoms with Crippen LogP contribution in [0.5, 0.6) is 0 Å². The Kier molecular flexibility index (Phi) is 3.39. The van der Waals surface area contributed by atoms with Crippen molar-refractivity contribution >= 4 is 27.4 Å². The molecule has 2 aromatic rings. The first-order chi connectivity index (χ1) is 9.74. The first-order valence-corrected chi connectivity index (χ1v) is 7.15. The van der Waals surface area contributed by atoms with Crippen molar-refractivity contribution in [1.29, 1.82) is 0 Å². The van der Waals surface area contributed by atoms with Gasteiger partial charge in [-0.15, -0.1) is 0 Å². The third kappa shape index (κ3) is 2.51. The van der Waals surface area contributed by atoms with Crippen molar-refractivity contribution in [3.63, 3.8) is 0 Å². The van der Waals surface area contributed by atoms with Crippen molar-refractivity contribution in [2.75, 3.05) is 5.73 Å². The van der Waals surface area contributed by atoms with Crippen molar-refractivity contribution in [3.05, 3.63) is 71.5 Å². The number of fused-ring (bicyclic) bond motifs is 1. The van der Waals surface area contributed by atoms with E-state index in [-0.39, 0.29) is 0 Å². The number of nitrogens with two attached hydrogens (primary N) is 2. The number of hydrogen-bond donors (Lipinski definition) is 2. The number of nitrogens with zero attached hydrogens (tertiary/aromatic N) is 1. The van der Waals surface area contributed by atoms with E-state index in [9.17, 15) is 0 Å². The Morgan fingerprint density at radius 3 is 2.80 bits per heavy atom. The van der Waals surface area contributed by atoms with Gasteiger partial charge in [0.15, 0.2) is 0 Å². The van der Waals surface area contributed by atoms with Crippen LogP contribution in [0, 0.1) is 0 Å². The van der Waals surface area contributed by atoms with Crippen molar-refractivity contribution in [2.24, 2.45) is 5.73 Å².